The van der Waals surface area contributed by atoms with Crippen molar-refractivity contribution in [3.63, 3.8) is 0 Å². The van der Waals surface area contributed by atoms with Gasteiger partial charge in [0.25, 0.3) is 5.91 Å². The largest absolute Gasteiger partial charge is 0.491 e. The van der Waals surface area contributed by atoms with E-state index in [-0.39, 0.29) is 30.5 Å². The number of carbonyl (C=O) groups excluding carboxylic acids is 2. The summed E-state index contributed by atoms with van der Waals surface area (Å²) in [5.74, 6) is 0.0702. The first kappa shape index (κ1) is 18.4. The number of hydrogen-bond donors (Lipinski definition) is 2. The van der Waals surface area contributed by atoms with Crippen molar-refractivity contribution in [3.8, 4) is 5.75 Å². The Morgan fingerprint density at radius 1 is 1.38 bits per heavy atom. The van der Waals surface area contributed by atoms with Gasteiger partial charge in [0.2, 0.25) is 5.91 Å². The molecule has 2 aromatic rings. The standard InChI is InChI=1S/C16H16BrClN2O4/c1-2-23-15-11(17)8-10(18)9-12(15)20-14(21)5-6-19-16(22)13-4-3-7-24-13/h3-4,7-9H,2,5-6H2,1H3,(H,19,22)(H,20,21). The minimum atomic E-state index is -0.367. The molecule has 0 aliphatic heterocycles. The monoisotopic (exact) mass is 414 g/mol. The predicted molar refractivity (Wildman–Crippen MR) is 94.6 cm³/mol. The van der Waals surface area contributed by atoms with Crippen molar-refractivity contribution in [2.24, 2.45) is 0 Å². The molecule has 0 unspecified atom stereocenters. The van der Waals surface area contributed by atoms with E-state index < -0.39 is 0 Å². The molecule has 2 rings (SSSR count). The number of benzene rings is 1. The van der Waals surface area contributed by atoms with Gasteiger partial charge in [-0.25, -0.2) is 0 Å². The predicted octanol–water partition coefficient (Wildman–Crippen LogP) is 3.85. The Bertz CT molecular complexity index is 719. The van der Waals surface area contributed by atoms with Crippen LogP contribution >= 0.6 is 27.5 Å². The third kappa shape index (κ3) is 5.01. The Morgan fingerprint density at radius 2 is 2.17 bits per heavy atom. The smallest absolute Gasteiger partial charge is 0.286 e. The van der Waals surface area contributed by atoms with Crippen LogP contribution in [-0.4, -0.2) is 25.0 Å². The van der Waals surface area contributed by atoms with Gasteiger partial charge in [-0.1, -0.05) is 11.6 Å². The summed E-state index contributed by atoms with van der Waals surface area (Å²) in [5, 5.41) is 5.80. The SMILES string of the molecule is CCOc1c(Br)cc(Cl)cc1NC(=O)CCNC(=O)c1ccco1. The van der Waals surface area contributed by atoms with Crippen molar-refractivity contribution in [1.29, 1.82) is 0 Å². The molecule has 0 saturated heterocycles. The Labute approximate surface area is 152 Å². The van der Waals surface area contributed by atoms with Crippen LogP contribution in [0, 0.1) is 0 Å². The molecular weight excluding hydrogens is 400 g/mol. The van der Waals surface area contributed by atoms with Gasteiger partial charge < -0.3 is 19.8 Å². The van der Waals surface area contributed by atoms with Gasteiger partial charge >= 0.3 is 0 Å². The summed E-state index contributed by atoms with van der Waals surface area (Å²) >= 11 is 9.36. The summed E-state index contributed by atoms with van der Waals surface area (Å²) in [4.78, 5) is 23.8. The number of anilines is 1. The van der Waals surface area contributed by atoms with Crippen molar-refractivity contribution in [3.05, 3.63) is 45.8 Å². The highest BCUT2D eigenvalue weighted by Gasteiger charge is 2.14. The lowest BCUT2D eigenvalue weighted by Gasteiger charge is -2.14. The first-order valence-electron chi connectivity index (χ1n) is 7.24. The average Bonchev–Trinajstić information content (AvgIpc) is 3.05. The van der Waals surface area contributed by atoms with Crippen molar-refractivity contribution >= 4 is 45.0 Å². The van der Waals surface area contributed by atoms with Crippen LogP contribution in [-0.2, 0) is 4.79 Å². The van der Waals surface area contributed by atoms with Crippen LogP contribution in [0.25, 0.3) is 0 Å². The molecule has 0 aliphatic rings. The molecule has 8 heteroatoms. The molecule has 0 atom stereocenters. The van der Waals surface area contributed by atoms with Crippen molar-refractivity contribution < 1.29 is 18.7 Å². The average molecular weight is 416 g/mol. The molecule has 1 aromatic carbocycles. The molecule has 24 heavy (non-hydrogen) atoms. The van der Waals surface area contributed by atoms with Gasteiger partial charge in [-0.05, 0) is 47.1 Å². The molecule has 0 bridgehead atoms. The zero-order valence-corrected chi connectivity index (χ0v) is 15.2. The molecule has 6 nitrogen and oxygen atoms in total. The fourth-order valence-electron chi connectivity index (χ4n) is 1.94. The summed E-state index contributed by atoms with van der Waals surface area (Å²) in [6.07, 6.45) is 1.51. The zero-order valence-electron chi connectivity index (χ0n) is 12.9. The van der Waals surface area contributed by atoms with Crippen LogP contribution in [0.1, 0.15) is 23.9 Å². The summed E-state index contributed by atoms with van der Waals surface area (Å²) < 4.78 is 11.1. The second-order valence-electron chi connectivity index (χ2n) is 4.73. The van der Waals surface area contributed by atoms with Crippen LogP contribution in [0.5, 0.6) is 5.75 Å². The first-order chi connectivity index (χ1) is 11.5. The van der Waals surface area contributed by atoms with Crippen molar-refractivity contribution in [2.75, 3.05) is 18.5 Å². The fraction of sp³-hybridized carbons (Fsp3) is 0.250. The van der Waals surface area contributed by atoms with E-state index >= 15 is 0 Å². The number of rotatable bonds is 7. The van der Waals surface area contributed by atoms with Crippen LogP contribution < -0.4 is 15.4 Å². The zero-order chi connectivity index (χ0) is 17.5. The molecule has 2 amide bonds. The van der Waals surface area contributed by atoms with Crippen molar-refractivity contribution in [2.45, 2.75) is 13.3 Å². The Balaban J connectivity index is 1.91. The second kappa shape index (κ2) is 8.75. The van der Waals surface area contributed by atoms with Gasteiger partial charge in [0.05, 0.1) is 23.0 Å². The number of furan rings is 1. The van der Waals surface area contributed by atoms with Gasteiger partial charge in [0, 0.05) is 18.0 Å². The van der Waals surface area contributed by atoms with Crippen molar-refractivity contribution in [1.82, 2.24) is 5.32 Å². The molecule has 0 spiro atoms. The third-order valence-electron chi connectivity index (χ3n) is 2.95. The highest BCUT2D eigenvalue weighted by atomic mass is 79.9. The maximum Gasteiger partial charge on any atom is 0.286 e. The summed E-state index contributed by atoms with van der Waals surface area (Å²) in [6, 6.07) is 6.46. The quantitative estimate of drug-likeness (QED) is 0.720. The number of carbonyl (C=O) groups is 2. The maximum atomic E-state index is 12.1. The van der Waals surface area contributed by atoms with E-state index in [4.69, 9.17) is 20.8 Å². The Kier molecular flexibility index (Phi) is 6.69. The lowest BCUT2D eigenvalue weighted by atomic mass is 10.2. The highest BCUT2D eigenvalue weighted by molar-refractivity contribution is 9.10. The topological polar surface area (TPSA) is 80.6 Å². The van der Waals surface area contributed by atoms with E-state index in [0.29, 0.717) is 27.5 Å². The van der Waals surface area contributed by atoms with E-state index in [1.165, 1.54) is 6.26 Å². The molecule has 1 heterocycles. The summed E-state index contributed by atoms with van der Waals surface area (Å²) in [5.41, 5.74) is 0.471. The third-order valence-corrected chi connectivity index (χ3v) is 3.76. The normalized spacial score (nSPS) is 10.3. The van der Waals surface area contributed by atoms with Crippen LogP contribution in [0.3, 0.4) is 0 Å². The minimum absolute atomic E-state index is 0.0994. The number of ether oxygens (including phenoxy) is 1. The first-order valence-corrected chi connectivity index (χ1v) is 8.41. The summed E-state index contributed by atoms with van der Waals surface area (Å²) in [6.45, 7) is 2.47. The van der Waals surface area contributed by atoms with Gasteiger partial charge in [-0.15, -0.1) is 0 Å². The van der Waals surface area contributed by atoms with E-state index in [1.54, 1.807) is 24.3 Å². The molecule has 128 valence electrons. The Hall–Kier alpha value is -1.99. The molecule has 0 saturated carbocycles. The number of halogens is 2. The molecule has 0 radical (unpaired) electrons. The number of amides is 2. The summed E-state index contributed by atoms with van der Waals surface area (Å²) in [7, 11) is 0. The fourth-order valence-corrected chi connectivity index (χ4v) is 2.87. The Morgan fingerprint density at radius 3 is 2.83 bits per heavy atom. The van der Waals surface area contributed by atoms with Crippen LogP contribution in [0.4, 0.5) is 5.69 Å². The van der Waals surface area contributed by atoms with E-state index in [9.17, 15) is 9.59 Å². The van der Waals surface area contributed by atoms with Gasteiger partial charge in [-0.2, -0.15) is 0 Å². The minimum Gasteiger partial charge on any atom is -0.491 e. The second-order valence-corrected chi connectivity index (χ2v) is 6.02. The van der Waals surface area contributed by atoms with Gasteiger partial charge in [0.1, 0.15) is 0 Å². The van der Waals surface area contributed by atoms with E-state index in [0.717, 1.165) is 0 Å². The molecular formula is C16H16BrClN2O4. The van der Waals surface area contributed by atoms with Crippen LogP contribution in [0.2, 0.25) is 5.02 Å². The van der Waals surface area contributed by atoms with E-state index in [1.807, 2.05) is 6.92 Å². The molecule has 1 aromatic heterocycles. The molecule has 2 N–H and O–H groups in total. The van der Waals surface area contributed by atoms with Gasteiger partial charge in [-0.3, -0.25) is 9.59 Å². The maximum absolute atomic E-state index is 12.1. The highest BCUT2D eigenvalue weighted by Crippen LogP contribution is 2.36. The number of hydrogen-bond acceptors (Lipinski definition) is 4. The lowest BCUT2D eigenvalue weighted by molar-refractivity contribution is -0.116. The lowest BCUT2D eigenvalue weighted by Crippen LogP contribution is -2.27. The molecule has 0 aliphatic carbocycles. The molecule has 0 fully saturated rings. The van der Waals surface area contributed by atoms with Gasteiger partial charge in [0.15, 0.2) is 11.5 Å². The van der Waals surface area contributed by atoms with Crippen LogP contribution in [0.15, 0.2) is 39.4 Å². The number of nitrogens with one attached hydrogen (secondary N) is 2. The van der Waals surface area contributed by atoms with E-state index in [2.05, 4.69) is 26.6 Å².